The van der Waals surface area contributed by atoms with Gasteiger partial charge in [0.05, 0.1) is 18.2 Å². The van der Waals surface area contributed by atoms with Crippen LogP contribution in [0.3, 0.4) is 0 Å². The van der Waals surface area contributed by atoms with Crippen molar-refractivity contribution in [1.29, 1.82) is 0 Å². The number of hydrogen-bond donors (Lipinski definition) is 2. The first-order valence-corrected chi connectivity index (χ1v) is 6.25. The molecule has 0 spiro atoms. The van der Waals surface area contributed by atoms with Crippen molar-refractivity contribution >= 4 is 17.5 Å². The lowest BCUT2D eigenvalue weighted by molar-refractivity contribution is -0.124. The van der Waals surface area contributed by atoms with Gasteiger partial charge in [0.1, 0.15) is 5.75 Å². The number of carbonyl (C=O) groups is 1. The first-order valence-electron chi connectivity index (χ1n) is 5.87. The highest BCUT2D eigenvalue weighted by Crippen LogP contribution is 2.28. The van der Waals surface area contributed by atoms with Crippen LogP contribution in [-0.4, -0.2) is 37.4 Å². The summed E-state index contributed by atoms with van der Waals surface area (Å²) in [4.78, 5) is 11.6. The normalized spacial score (nSPS) is 12.0. The summed E-state index contributed by atoms with van der Waals surface area (Å²) in [7, 11) is 1.57. The number of hydrogen-bond acceptors (Lipinski definition) is 4. The van der Waals surface area contributed by atoms with Crippen LogP contribution < -0.4 is 10.1 Å². The largest absolute Gasteiger partial charge is 0.482 e. The number of halogens is 1. The number of methoxy groups -OCH3 is 1. The van der Waals surface area contributed by atoms with Gasteiger partial charge in [-0.05, 0) is 13.0 Å². The second-order valence-electron chi connectivity index (χ2n) is 4.10. The summed E-state index contributed by atoms with van der Waals surface area (Å²) in [6, 6.07) is 4.94. The van der Waals surface area contributed by atoms with Crippen molar-refractivity contribution in [3.63, 3.8) is 0 Å². The van der Waals surface area contributed by atoms with Crippen molar-refractivity contribution in [2.75, 3.05) is 20.3 Å². The third-order valence-electron chi connectivity index (χ3n) is 2.39. The van der Waals surface area contributed by atoms with Gasteiger partial charge in [-0.3, -0.25) is 4.79 Å². The third-order valence-corrected chi connectivity index (χ3v) is 2.69. The Hall–Kier alpha value is -1.30. The molecule has 1 atom stereocenters. The highest BCUT2D eigenvalue weighted by atomic mass is 35.5. The van der Waals surface area contributed by atoms with Gasteiger partial charge >= 0.3 is 0 Å². The molecule has 19 heavy (non-hydrogen) atoms. The molecule has 0 aromatic heterocycles. The van der Waals surface area contributed by atoms with E-state index in [1.807, 2.05) is 6.92 Å². The fourth-order valence-electron chi connectivity index (χ4n) is 1.59. The van der Waals surface area contributed by atoms with Gasteiger partial charge in [0.25, 0.3) is 5.91 Å². The van der Waals surface area contributed by atoms with E-state index in [1.165, 1.54) is 0 Å². The molecule has 1 amide bonds. The summed E-state index contributed by atoms with van der Waals surface area (Å²) >= 11 is 5.96. The third kappa shape index (κ3) is 5.06. The SMILES string of the molecule is COCC(C)NC(=O)COc1c(Cl)cccc1CO. The Morgan fingerprint density at radius 1 is 1.53 bits per heavy atom. The molecule has 2 N–H and O–H groups in total. The van der Waals surface area contributed by atoms with Crippen LogP contribution in [0.4, 0.5) is 0 Å². The number of amides is 1. The van der Waals surface area contributed by atoms with E-state index in [9.17, 15) is 4.79 Å². The lowest BCUT2D eigenvalue weighted by Gasteiger charge is -2.15. The number of ether oxygens (including phenoxy) is 2. The molecule has 0 fully saturated rings. The predicted molar refractivity (Wildman–Crippen MR) is 72.4 cm³/mol. The van der Waals surface area contributed by atoms with Crippen LogP contribution in [0.1, 0.15) is 12.5 Å². The molecule has 0 saturated heterocycles. The number of carbonyl (C=O) groups excluding carboxylic acids is 1. The summed E-state index contributed by atoms with van der Waals surface area (Å²) in [5.41, 5.74) is 0.547. The Morgan fingerprint density at radius 3 is 2.89 bits per heavy atom. The molecule has 0 radical (unpaired) electrons. The van der Waals surface area contributed by atoms with E-state index in [4.69, 9.17) is 26.2 Å². The molecule has 1 rings (SSSR count). The molecule has 0 aliphatic heterocycles. The van der Waals surface area contributed by atoms with Crippen molar-refractivity contribution in [2.24, 2.45) is 0 Å². The number of benzene rings is 1. The van der Waals surface area contributed by atoms with Gasteiger partial charge in [-0.25, -0.2) is 0 Å². The number of rotatable bonds is 7. The van der Waals surface area contributed by atoms with E-state index in [1.54, 1.807) is 25.3 Å². The number of aliphatic hydroxyl groups excluding tert-OH is 1. The van der Waals surface area contributed by atoms with Crippen LogP contribution in [0, 0.1) is 0 Å². The van der Waals surface area contributed by atoms with Crippen molar-refractivity contribution in [2.45, 2.75) is 19.6 Å². The van der Waals surface area contributed by atoms with Gasteiger partial charge in [0.2, 0.25) is 0 Å². The molecule has 1 unspecified atom stereocenters. The van der Waals surface area contributed by atoms with E-state index in [0.29, 0.717) is 22.9 Å². The van der Waals surface area contributed by atoms with Crippen LogP contribution in [0.5, 0.6) is 5.75 Å². The van der Waals surface area contributed by atoms with Gasteiger partial charge in [0, 0.05) is 18.7 Å². The summed E-state index contributed by atoms with van der Waals surface area (Å²) in [6.07, 6.45) is 0. The van der Waals surface area contributed by atoms with Crippen LogP contribution in [-0.2, 0) is 16.1 Å². The standard InChI is InChI=1S/C13H18ClNO4/c1-9(7-18-2)15-12(17)8-19-13-10(6-16)4-3-5-11(13)14/h3-5,9,16H,6-8H2,1-2H3,(H,15,17). The van der Waals surface area contributed by atoms with Crippen molar-refractivity contribution < 1.29 is 19.4 Å². The number of para-hydroxylation sites is 1. The first kappa shape index (κ1) is 15.8. The molecule has 0 saturated carbocycles. The predicted octanol–water partition coefficient (Wildman–Crippen LogP) is 1.36. The van der Waals surface area contributed by atoms with E-state index >= 15 is 0 Å². The second-order valence-corrected chi connectivity index (χ2v) is 4.51. The van der Waals surface area contributed by atoms with E-state index in [2.05, 4.69) is 5.32 Å². The summed E-state index contributed by atoms with van der Waals surface area (Å²) in [6.45, 7) is 1.90. The second kappa shape index (κ2) is 7.99. The van der Waals surface area contributed by atoms with Gasteiger partial charge < -0.3 is 19.9 Å². The molecule has 0 bridgehead atoms. The average Bonchev–Trinajstić information content (AvgIpc) is 2.37. The zero-order valence-electron chi connectivity index (χ0n) is 11.0. The molecule has 0 heterocycles. The molecule has 106 valence electrons. The summed E-state index contributed by atoms with van der Waals surface area (Å²) < 4.78 is 10.3. The molecular formula is C13H18ClNO4. The minimum absolute atomic E-state index is 0.0929. The Morgan fingerprint density at radius 2 is 2.26 bits per heavy atom. The monoisotopic (exact) mass is 287 g/mol. The van der Waals surface area contributed by atoms with Gasteiger partial charge in [0.15, 0.2) is 6.61 Å². The average molecular weight is 288 g/mol. The van der Waals surface area contributed by atoms with Crippen LogP contribution in [0.2, 0.25) is 5.02 Å². The minimum Gasteiger partial charge on any atom is -0.482 e. The maximum absolute atomic E-state index is 11.6. The Kier molecular flexibility index (Phi) is 6.62. The Labute approximate surface area is 117 Å². The zero-order chi connectivity index (χ0) is 14.3. The maximum atomic E-state index is 11.6. The van der Waals surface area contributed by atoms with Crippen LogP contribution in [0.15, 0.2) is 18.2 Å². The summed E-state index contributed by atoms with van der Waals surface area (Å²) in [5.74, 6) is 0.0644. The fraction of sp³-hybridized carbons (Fsp3) is 0.462. The van der Waals surface area contributed by atoms with Crippen LogP contribution >= 0.6 is 11.6 Å². The Balaban J connectivity index is 2.55. The van der Waals surface area contributed by atoms with Crippen molar-refractivity contribution in [3.8, 4) is 5.75 Å². The highest BCUT2D eigenvalue weighted by molar-refractivity contribution is 6.32. The summed E-state index contributed by atoms with van der Waals surface area (Å²) in [5, 5.41) is 12.2. The maximum Gasteiger partial charge on any atom is 0.258 e. The fourth-order valence-corrected chi connectivity index (χ4v) is 1.83. The molecule has 1 aromatic carbocycles. The molecular weight excluding hydrogens is 270 g/mol. The quantitative estimate of drug-likeness (QED) is 0.795. The lowest BCUT2D eigenvalue weighted by Crippen LogP contribution is -2.38. The molecule has 0 aliphatic rings. The van der Waals surface area contributed by atoms with Gasteiger partial charge in [-0.15, -0.1) is 0 Å². The van der Waals surface area contributed by atoms with E-state index in [0.717, 1.165) is 0 Å². The van der Waals surface area contributed by atoms with Crippen molar-refractivity contribution in [1.82, 2.24) is 5.32 Å². The molecule has 6 heteroatoms. The number of aliphatic hydroxyl groups is 1. The molecule has 0 aliphatic carbocycles. The topological polar surface area (TPSA) is 67.8 Å². The first-order chi connectivity index (χ1) is 9.08. The Bertz CT molecular complexity index is 425. The van der Waals surface area contributed by atoms with Crippen LogP contribution in [0.25, 0.3) is 0 Å². The van der Waals surface area contributed by atoms with E-state index in [-0.39, 0.29) is 25.2 Å². The van der Waals surface area contributed by atoms with Gasteiger partial charge in [-0.1, -0.05) is 23.7 Å². The lowest BCUT2D eigenvalue weighted by atomic mass is 10.2. The zero-order valence-corrected chi connectivity index (χ0v) is 11.7. The molecule has 5 nitrogen and oxygen atoms in total. The highest BCUT2D eigenvalue weighted by Gasteiger charge is 2.11. The molecule has 1 aromatic rings. The van der Waals surface area contributed by atoms with Crippen molar-refractivity contribution in [3.05, 3.63) is 28.8 Å². The van der Waals surface area contributed by atoms with E-state index < -0.39 is 0 Å². The number of nitrogens with one attached hydrogen (secondary N) is 1. The van der Waals surface area contributed by atoms with Gasteiger partial charge in [-0.2, -0.15) is 0 Å². The minimum atomic E-state index is -0.270. The smallest absolute Gasteiger partial charge is 0.258 e.